The van der Waals surface area contributed by atoms with Crippen molar-refractivity contribution < 1.29 is 0 Å². The molecule has 7 aliphatic rings. The molecule has 0 saturated heterocycles. The van der Waals surface area contributed by atoms with Crippen LogP contribution in [-0.4, -0.2) is 0 Å². The molecule has 0 aromatic carbocycles. The van der Waals surface area contributed by atoms with Gasteiger partial charge >= 0.3 is 0 Å². The summed E-state index contributed by atoms with van der Waals surface area (Å²) in [5, 5.41) is 0. The van der Waals surface area contributed by atoms with Crippen molar-refractivity contribution in [3.05, 3.63) is 0 Å². The maximum absolute atomic E-state index is 2.85. The lowest BCUT2D eigenvalue weighted by Crippen LogP contribution is -2.34. The lowest BCUT2D eigenvalue weighted by atomic mass is 9.63. The molecule has 0 aromatic rings. The number of hydrogen-bond acceptors (Lipinski definition) is 0. The summed E-state index contributed by atoms with van der Waals surface area (Å²) < 4.78 is 0. The second-order valence-corrected chi connectivity index (χ2v) is 44.8. The zero-order chi connectivity index (χ0) is 80.6. The van der Waals surface area contributed by atoms with Gasteiger partial charge < -0.3 is 0 Å². The van der Waals surface area contributed by atoms with Crippen molar-refractivity contribution in [2.24, 2.45) is 76.9 Å². The van der Waals surface area contributed by atoms with Crippen molar-refractivity contribution in [3.63, 3.8) is 0 Å². The smallest absolute Gasteiger partial charge is 0.0352 e. The highest BCUT2D eigenvalue weighted by atomic mass is 14.5. The highest BCUT2D eigenvalue weighted by Crippen LogP contribution is 2.51. The van der Waals surface area contributed by atoms with Crippen molar-refractivity contribution in [1.29, 1.82) is 0 Å². The molecule has 0 amide bonds. The average Bonchev–Trinajstić information content (AvgIpc) is 1.41. The fourth-order valence-electron chi connectivity index (χ4n) is 26.9. The Labute approximate surface area is 734 Å². The van der Waals surface area contributed by atoms with Crippen molar-refractivity contribution in [3.8, 4) is 0 Å². The van der Waals surface area contributed by atoms with Crippen LogP contribution < -0.4 is 0 Å². The molecule has 0 aliphatic heterocycles. The zero-order valence-electron chi connectivity index (χ0n) is 80.6. The Kier molecular flexibility index (Phi) is 66.8. The van der Waals surface area contributed by atoms with Gasteiger partial charge in [0.15, 0.2) is 0 Å². The predicted molar refractivity (Wildman–Crippen MR) is 522 cm³/mol. The Morgan fingerprint density at radius 3 is 0.603 bits per heavy atom. The second kappa shape index (κ2) is 75.2. The van der Waals surface area contributed by atoms with Gasteiger partial charge in [-0.05, 0) is 122 Å². The van der Waals surface area contributed by atoms with E-state index in [1.54, 1.807) is 257 Å². The fraction of sp³-hybridized carbons (Fsp3) is 1.00. The fourth-order valence-corrected chi connectivity index (χ4v) is 26.9. The molecule has 0 N–H and O–H groups in total. The summed E-state index contributed by atoms with van der Waals surface area (Å²) in [4.78, 5) is 0. The molecule has 116 heavy (non-hydrogen) atoms. The molecule has 0 bridgehead atoms. The predicted octanol–water partition coefficient (Wildman–Crippen LogP) is 41.9. The summed E-state index contributed by atoms with van der Waals surface area (Å²) >= 11 is 0. The topological polar surface area (TPSA) is 0 Å². The third-order valence-corrected chi connectivity index (χ3v) is 34.6. The second-order valence-electron chi connectivity index (χ2n) is 44.8. The summed E-state index contributed by atoms with van der Waals surface area (Å²) in [7, 11) is 0. The van der Waals surface area contributed by atoms with E-state index >= 15 is 0 Å². The van der Waals surface area contributed by atoms with Gasteiger partial charge in [-0.15, -0.1) is 0 Å². The minimum Gasteiger partial charge on any atom is -0.0625 e. The molecule has 7 atom stereocenters. The SMILES string of the molecule is CC(CCC1CCC(CCCCC2CCCCCCCCCCCC2)CC(CCCCCC2CCCCCCCCCCCCC2)C(CCCCCC2CCCCCCCCCCCC2)C(CCCCC2CCCCCCCCCCC2)C1CCCCC1CCCCCCCCCCCC1)CC1CCCCCCCCCCCCCC1. The Morgan fingerprint density at radius 1 is 0.147 bits per heavy atom. The Balaban J connectivity index is 1.24. The van der Waals surface area contributed by atoms with Crippen LogP contribution in [0.25, 0.3) is 0 Å². The number of rotatable bonds is 32. The van der Waals surface area contributed by atoms with E-state index in [2.05, 4.69) is 6.92 Å². The van der Waals surface area contributed by atoms with E-state index in [0.717, 1.165) is 76.9 Å². The lowest BCUT2D eigenvalue weighted by molar-refractivity contribution is 0.0748. The minimum absolute atomic E-state index is 0.898. The minimum atomic E-state index is 0.898. The molecule has 0 heteroatoms. The van der Waals surface area contributed by atoms with Crippen molar-refractivity contribution in [2.45, 2.75) is 662 Å². The Morgan fingerprint density at radius 2 is 0.336 bits per heavy atom. The van der Waals surface area contributed by atoms with Crippen LogP contribution in [0.1, 0.15) is 662 Å². The molecule has 7 fully saturated rings. The molecule has 7 unspecified atom stereocenters. The van der Waals surface area contributed by atoms with Crippen molar-refractivity contribution in [2.75, 3.05) is 0 Å². The van der Waals surface area contributed by atoms with Crippen LogP contribution in [-0.2, 0) is 0 Å². The molecule has 0 nitrogen and oxygen atoms in total. The quantitative estimate of drug-likeness (QED) is 0.0589. The molecule has 7 saturated carbocycles. The van der Waals surface area contributed by atoms with Gasteiger partial charge in [0.05, 0.1) is 0 Å². The van der Waals surface area contributed by atoms with Gasteiger partial charge in [0.1, 0.15) is 0 Å². The van der Waals surface area contributed by atoms with Crippen molar-refractivity contribution >= 4 is 0 Å². The Hall–Kier alpha value is 0. The van der Waals surface area contributed by atoms with Crippen LogP contribution in [0.3, 0.4) is 0 Å². The van der Waals surface area contributed by atoms with E-state index in [1.165, 1.54) is 398 Å². The van der Waals surface area contributed by atoms with E-state index in [9.17, 15) is 0 Å². The zero-order valence-corrected chi connectivity index (χ0v) is 80.6. The van der Waals surface area contributed by atoms with Gasteiger partial charge in [-0.1, -0.05) is 617 Å². The standard InChI is InChI=1S/C116H220/c1-104(102-110-91-64-50-38-24-5-2-3-6-25-39-51-65-92-110)98-100-112-101-99-111(93-71-70-88-107-80-58-44-32-20-11-12-21-33-45-59-81-107)103-113(94-68-52-66-86-105-76-54-40-28-16-7-4-8-17-29-41-55-77-105)115(95-69-53-67-87-106-78-56-42-30-18-9-10-19-31-43-57-79-106)116(97-75-73-90-109-84-62-48-36-26-15-27-37-49-63-85-109)114(112)96-74-72-89-108-82-60-46-34-22-13-14-23-35-47-61-83-108/h104-116H,2-103H2,1H3. The van der Waals surface area contributed by atoms with E-state index in [4.69, 9.17) is 0 Å². The van der Waals surface area contributed by atoms with E-state index in [0.29, 0.717) is 0 Å². The van der Waals surface area contributed by atoms with E-state index in [-0.39, 0.29) is 0 Å². The maximum Gasteiger partial charge on any atom is -0.0352 e. The highest BCUT2D eigenvalue weighted by molar-refractivity contribution is 4.91. The monoisotopic (exact) mass is 1610 g/mol. The first-order chi connectivity index (χ1) is 57.7. The van der Waals surface area contributed by atoms with Gasteiger partial charge in [0.25, 0.3) is 0 Å². The third-order valence-electron chi connectivity index (χ3n) is 34.6. The summed E-state index contributed by atoms with van der Waals surface area (Å²) in [6, 6.07) is 0. The lowest BCUT2D eigenvalue weighted by Gasteiger charge is -2.42. The van der Waals surface area contributed by atoms with Gasteiger partial charge in [0.2, 0.25) is 0 Å². The molecule has 0 spiro atoms. The molecule has 7 rings (SSSR count). The molecule has 7 aliphatic carbocycles. The largest absolute Gasteiger partial charge is 0.0625 e. The maximum atomic E-state index is 2.85. The molecule has 0 aromatic heterocycles. The number of hydrogen-bond donors (Lipinski definition) is 0. The van der Waals surface area contributed by atoms with Gasteiger partial charge in [0, 0.05) is 0 Å². The molecule has 0 radical (unpaired) electrons. The molecule has 684 valence electrons. The van der Waals surface area contributed by atoms with Crippen LogP contribution in [0.4, 0.5) is 0 Å². The van der Waals surface area contributed by atoms with Crippen LogP contribution in [0, 0.1) is 76.9 Å². The van der Waals surface area contributed by atoms with Gasteiger partial charge in [-0.2, -0.15) is 0 Å². The number of unbranched alkanes of at least 4 members (excludes halogenated alkanes) is 7. The molecular formula is C116H220. The van der Waals surface area contributed by atoms with Gasteiger partial charge in [-0.25, -0.2) is 0 Å². The van der Waals surface area contributed by atoms with E-state index < -0.39 is 0 Å². The van der Waals surface area contributed by atoms with Crippen LogP contribution in [0.2, 0.25) is 0 Å². The van der Waals surface area contributed by atoms with Crippen LogP contribution in [0.15, 0.2) is 0 Å². The van der Waals surface area contributed by atoms with Crippen LogP contribution >= 0.6 is 0 Å². The molecular weight excluding hydrogens is 1390 g/mol. The summed E-state index contributed by atoms with van der Waals surface area (Å²) in [6.45, 7) is 2.85. The van der Waals surface area contributed by atoms with Crippen LogP contribution in [0.5, 0.6) is 0 Å². The first kappa shape index (κ1) is 103. The van der Waals surface area contributed by atoms with E-state index in [1.807, 2.05) is 0 Å². The third kappa shape index (κ3) is 54.8. The van der Waals surface area contributed by atoms with Crippen molar-refractivity contribution in [1.82, 2.24) is 0 Å². The first-order valence-corrected chi connectivity index (χ1v) is 57.7. The average molecular weight is 1620 g/mol. The summed E-state index contributed by atoms with van der Waals surface area (Å²) in [5.41, 5.74) is 0. The summed E-state index contributed by atoms with van der Waals surface area (Å²) in [6.07, 6.45) is 157. The highest BCUT2D eigenvalue weighted by Gasteiger charge is 2.40. The Bertz CT molecular complexity index is 1930. The molecule has 0 heterocycles. The first-order valence-electron chi connectivity index (χ1n) is 57.7. The summed E-state index contributed by atoms with van der Waals surface area (Å²) in [5.74, 6) is 12.7. The van der Waals surface area contributed by atoms with Gasteiger partial charge in [-0.3, -0.25) is 0 Å². The normalized spacial score (nSPS) is 27.4.